The normalized spacial score (nSPS) is 15.4. The van der Waals surface area contributed by atoms with Crippen LogP contribution in [0.4, 0.5) is 5.69 Å². The Labute approximate surface area is 146 Å². The molecule has 2 aromatic rings. The Balaban J connectivity index is 1.69. The molecule has 4 nitrogen and oxygen atoms in total. The molecule has 0 aromatic heterocycles. The van der Waals surface area contributed by atoms with E-state index in [0.29, 0.717) is 17.0 Å². The summed E-state index contributed by atoms with van der Waals surface area (Å²) in [6, 6.07) is 14.4. The van der Waals surface area contributed by atoms with E-state index in [4.69, 9.17) is 11.6 Å². The van der Waals surface area contributed by atoms with Crippen molar-refractivity contribution in [2.75, 3.05) is 11.4 Å². The molecule has 1 aliphatic heterocycles. The number of carbonyl (C=O) groups is 2. The summed E-state index contributed by atoms with van der Waals surface area (Å²) in [5.74, 6) is -0.0266. The van der Waals surface area contributed by atoms with Crippen LogP contribution in [-0.2, 0) is 4.79 Å². The summed E-state index contributed by atoms with van der Waals surface area (Å²) >= 11 is 6.17. The summed E-state index contributed by atoms with van der Waals surface area (Å²) in [6.45, 7) is 2.64. The Morgan fingerprint density at radius 3 is 2.50 bits per heavy atom. The topological polar surface area (TPSA) is 49.4 Å². The van der Waals surface area contributed by atoms with Gasteiger partial charge in [0, 0.05) is 29.2 Å². The van der Waals surface area contributed by atoms with Crippen LogP contribution in [0.1, 0.15) is 41.7 Å². The highest BCUT2D eigenvalue weighted by Gasteiger charge is 2.22. The highest BCUT2D eigenvalue weighted by molar-refractivity contribution is 6.31. The Kier molecular flexibility index (Phi) is 4.86. The van der Waals surface area contributed by atoms with E-state index in [1.165, 1.54) is 0 Å². The number of nitrogens with one attached hydrogen (secondary N) is 1. The molecule has 1 fully saturated rings. The summed E-state index contributed by atoms with van der Waals surface area (Å²) in [5.41, 5.74) is 2.28. The maximum absolute atomic E-state index is 12.4. The number of carbonyl (C=O) groups excluding carboxylic acids is 2. The lowest BCUT2D eigenvalue weighted by Crippen LogP contribution is -2.27. The van der Waals surface area contributed by atoms with Crippen LogP contribution < -0.4 is 10.2 Å². The molecule has 1 atom stereocenters. The van der Waals surface area contributed by atoms with E-state index in [1.807, 2.05) is 37.3 Å². The van der Waals surface area contributed by atoms with Crippen molar-refractivity contribution in [3.8, 4) is 0 Å². The minimum atomic E-state index is -0.189. The fourth-order valence-electron chi connectivity index (χ4n) is 2.90. The standard InChI is InChI=1S/C19H19ClN2O2/c1-13(16-5-2-3-6-17(16)20)21-19(24)14-8-10-15(11-9-14)22-12-4-7-18(22)23/h2-3,5-6,8-11,13H,4,7,12H2,1H3,(H,21,24)/t13-/m1/s1. The third-order valence-corrected chi connectivity index (χ3v) is 4.58. The quantitative estimate of drug-likeness (QED) is 0.914. The number of anilines is 1. The minimum absolute atomic E-state index is 0.138. The number of halogens is 1. The molecular weight excluding hydrogens is 324 g/mol. The average Bonchev–Trinajstić information content (AvgIpc) is 3.01. The van der Waals surface area contributed by atoms with E-state index < -0.39 is 0 Å². The van der Waals surface area contributed by atoms with Crippen molar-refractivity contribution in [3.05, 3.63) is 64.7 Å². The van der Waals surface area contributed by atoms with Gasteiger partial charge in [-0.25, -0.2) is 0 Å². The molecule has 124 valence electrons. The molecule has 1 N–H and O–H groups in total. The van der Waals surface area contributed by atoms with Gasteiger partial charge in [-0.15, -0.1) is 0 Å². The third kappa shape index (κ3) is 3.44. The van der Waals surface area contributed by atoms with Crippen LogP contribution in [0.15, 0.2) is 48.5 Å². The van der Waals surface area contributed by atoms with E-state index in [0.717, 1.165) is 24.2 Å². The maximum atomic E-state index is 12.4. The Bertz CT molecular complexity index is 758. The predicted octanol–water partition coefficient (Wildman–Crippen LogP) is 3.96. The van der Waals surface area contributed by atoms with E-state index in [9.17, 15) is 9.59 Å². The van der Waals surface area contributed by atoms with Gasteiger partial charge in [0.2, 0.25) is 5.91 Å². The van der Waals surface area contributed by atoms with Crippen LogP contribution in [0.5, 0.6) is 0 Å². The van der Waals surface area contributed by atoms with Gasteiger partial charge < -0.3 is 10.2 Å². The third-order valence-electron chi connectivity index (χ3n) is 4.23. The van der Waals surface area contributed by atoms with Gasteiger partial charge in [0.05, 0.1) is 6.04 Å². The minimum Gasteiger partial charge on any atom is -0.345 e. The predicted molar refractivity (Wildman–Crippen MR) is 95.4 cm³/mol. The highest BCUT2D eigenvalue weighted by Crippen LogP contribution is 2.24. The molecule has 5 heteroatoms. The number of amides is 2. The molecule has 0 bridgehead atoms. The smallest absolute Gasteiger partial charge is 0.251 e. The summed E-state index contributed by atoms with van der Waals surface area (Å²) in [5, 5.41) is 3.58. The second kappa shape index (κ2) is 7.05. The number of benzene rings is 2. The fourth-order valence-corrected chi connectivity index (χ4v) is 3.20. The van der Waals surface area contributed by atoms with Crippen LogP contribution in [0, 0.1) is 0 Å². The van der Waals surface area contributed by atoms with Crippen LogP contribution in [0.25, 0.3) is 0 Å². The van der Waals surface area contributed by atoms with Crippen LogP contribution >= 0.6 is 11.6 Å². The fraction of sp³-hybridized carbons (Fsp3) is 0.263. The average molecular weight is 343 g/mol. The largest absolute Gasteiger partial charge is 0.345 e. The molecule has 2 aromatic carbocycles. The molecule has 1 heterocycles. The zero-order chi connectivity index (χ0) is 17.1. The van der Waals surface area contributed by atoms with Crippen molar-refractivity contribution >= 4 is 29.1 Å². The van der Waals surface area contributed by atoms with Crippen molar-refractivity contribution in [2.45, 2.75) is 25.8 Å². The SMILES string of the molecule is C[C@@H](NC(=O)c1ccc(N2CCCC2=O)cc1)c1ccccc1Cl. The van der Waals surface area contributed by atoms with Crippen molar-refractivity contribution in [1.29, 1.82) is 0 Å². The van der Waals surface area contributed by atoms with Crippen LogP contribution in [0.2, 0.25) is 5.02 Å². The lowest BCUT2D eigenvalue weighted by molar-refractivity contribution is -0.117. The van der Waals surface area contributed by atoms with Gasteiger partial charge in [0.15, 0.2) is 0 Å². The summed E-state index contributed by atoms with van der Waals surface area (Å²) in [4.78, 5) is 25.9. The molecule has 0 unspecified atom stereocenters. The van der Waals surface area contributed by atoms with Gasteiger partial charge in [-0.3, -0.25) is 9.59 Å². The lowest BCUT2D eigenvalue weighted by atomic mass is 10.1. The number of hydrogen-bond donors (Lipinski definition) is 1. The van der Waals surface area contributed by atoms with Gasteiger partial charge >= 0.3 is 0 Å². The molecular formula is C19H19ClN2O2. The first-order valence-corrected chi connectivity index (χ1v) is 8.40. The second-order valence-electron chi connectivity index (χ2n) is 5.91. The van der Waals surface area contributed by atoms with Crippen molar-refractivity contribution in [1.82, 2.24) is 5.32 Å². The summed E-state index contributed by atoms with van der Waals surface area (Å²) in [7, 11) is 0. The summed E-state index contributed by atoms with van der Waals surface area (Å²) < 4.78 is 0. The zero-order valence-electron chi connectivity index (χ0n) is 13.5. The molecule has 0 radical (unpaired) electrons. The van der Waals surface area contributed by atoms with Gasteiger partial charge in [-0.1, -0.05) is 29.8 Å². The number of hydrogen-bond acceptors (Lipinski definition) is 2. The molecule has 2 amide bonds. The van der Waals surface area contributed by atoms with Crippen LogP contribution in [0.3, 0.4) is 0 Å². The van der Waals surface area contributed by atoms with E-state index >= 15 is 0 Å². The lowest BCUT2D eigenvalue weighted by Gasteiger charge is -2.17. The van der Waals surface area contributed by atoms with Gasteiger partial charge in [0.25, 0.3) is 5.91 Å². The zero-order valence-corrected chi connectivity index (χ0v) is 14.2. The van der Waals surface area contributed by atoms with Crippen molar-refractivity contribution in [2.24, 2.45) is 0 Å². The molecule has 0 aliphatic carbocycles. The van der Waals surface area contributed by atoms with E-state index in [2.05, 4.69) is 5.32 Å². The number of nitrogens with zero attached hydrogens (tertiary/aromatic N) is 1. The molecule has 1 saturated heterocycles. The molecule has 0 spiro atoms. The Morgan fingerprint density at radius 1 is 1.17 bits per heavy atom. The van der Waals surface area contributed by atoms with Crippen molar-refractivity contribution in [3.63, 3.8) is 0 Å². The van der Waals surface area contributed by atoms with Gasteiger partial charge in [-0.2, -0.15) is 0 Å². The number of rotatable bonds is 4. The van der Waals surface area contributed by atoms with Crippen molar-refractivity contribution < 1.29 is 9.59 Å². The van der Waals surface area contributed by atoms with Crippen LogP contribution in [-0.4, -0.2) is 18.4 Å². The first-order chi connectivity index (χ1) is 11.6. The summed E-state index contributed by atoms with van der Waals surface area (Å²) in [6.07, 6.45) is 1.48. The van der Waals surface area contributed by atoms with Gasteiger partial charge in [0.1, 0.15) is 0 Å². The Hall–Kier alpha value is -2.33. The molecule has 24 heavy (non-hydrogen) atoms. The molecule has 0 saturated carbocycles. The molecule has 3 rings (SSSR count). The second-order valence-corrected chi connectivity index (χ2v) is 6.32. The first-order valence-electron chi connectivity index (χ1n) is 8.02. The van der Waals surface area contributed by atoms with E-state index in [-0.39, 0.29) is 17.9 Å². The molecule has 1 aliphatic rings. The Morgan fingerprint density at radius 2 is 1.88 bits per heavy atom. The highest BCUT2D eigenvalue weighted by atomic mass is 35.5. The first kappa shape index (κ1) is 16.5. The maximum Gasteiger partial charge on any atom is 0.251 e. The van der Waals surface area contributed by atoms with E-state index in [1.54, 1.807) is 23.1 Å². The monoisotopic (exact) mass is 342 g/mol. The van der Waals surface area contributed by atoms with Gasteiger partial charge in [-0.05, 0) is 49.2 Å².